The van der Waals surface area contributed by atoms with Crippen LogP contribution in [0.4, 0.5) is 4.39 Å². The third-order valence-electron chi connectivity index (χ3n) is 3.35. The van der Waals surface area contributed by atoms with Crippen LogP contribution < -0.4 is 10.5 Å². The highest BCUT2D eigenvalue weighted by atomic mass is 35.5. The normalized spacial score (nSPS) is 13.8. The van der Waals surface area contributed by atoms with Crippen LogP contribution in [0.2, 0.25) is 5.02 Å². The van der Waals surface area contributed by atoms with Crippen molar-refractivity contribution in [2.45, 2.75) is 32.4 Å². The van der Waals surface area contributed by atoms with E-state index in [0.29, 0.717) is 16.3 Å². The van der Waals surface area contributed by atoms with Gasteiger partial charge in [-0.05, 0) is 43.2 Å². The first-order valence-corrected chi connectivity index (χ1v) is 7.35. The molecule has 0 spiro atoms. The summed E-state index contributed by atoms with van der Waals surface area (Å²) in [7, 11) is 0. The number of hydrogen-bond donors (Lipinski definition) is 1. The zero-order valence-electron chi connectivity index (χ0n) is 12.1. The maximum atomic E-state index is 14.0. The van der Waals surface area contributed by atoms with Crippen molar-refractivity contribution >= 4 is 11.6 Å². The lowest BCUT2D eigenvalue weighted by molar-refractivity contribution is 0.175. The van der Waals surface area contributed by atoms with E-state index in [4.69, 9.17) is 22.1 Å². The Kier molecular flexibility index (Phi) is 5.21. The van der Waals surface area contributed by atoms with Crippen molar-refractivity contribution in [2.75, 3.05) is 0 Å². The van der Waals surface area contributed by atoms with Gasteiger partial charge in [0.2, 0.25) is 0 Å². The molecule has 2 aromatic carbocycles. The van der Waals surface area contributed by atoms with Gasteiger partial charge in [0.05, 0.1) is 0 Å². The number of benzene rings is 2. The highest BCUT2D eigenvalue weighted by Gasteiger charge is 2.21. The summed E-state index contributed by atoms with van der Waals surface area (Å²) in [4.78, 5) is 0. The molecule has 0 saturated carbocycles. The zero-order valence-corrected chi connectivity index (χ0v) is 12.9. The monoisotopic (exact) mass is 307 g/mol. The van der Waals surface area contributed by atoms with Gasteiger partial charge in [-0.2, -0.15) is 0 Å². The maximum absolute atomic E-state index is 14.0. The largest absolute Gasteiger partial charge is 0.484 e. The minimum Gasteiger partial charge on any atom is -0.484 e. The van der Waals surface area contributed by atoms with Gasteiger partial charge < -0.3 is 10.5 Å². The molecule has 4 heteroatoms. The molecule has 2 aromatic rings. The molecule has 0 fully saturated rings. The van der Waals surface area contributed by atoms with E-state index in [1.54, 1.807) is 37.3 Å². The SMILES string of the molecule is CCc1cc(OC(c2ccccc2F)C(C)N)ccc1Cl. The average molecular weight is 308 g/mol. The first-order valence-electron chi connectivity index (χ1n) is 6.98. The lowest BCUT2D eigenvalue weighted by Gasteiger charge is -2.23. The van der Waals surface area contributed by atoms with Crippen LogP contribution in [0.1, 0.15) is 31.1 Å². The minimum atomic E-state index is -0.544. The van der Waals surface area contributed by atoms with Crippen molar-refractivity contribution in [3.63, 3.8) is 0 Å². The molecule has 112 valence electrons. The van der Waals surface area contributed by atoms with Crippen LogP contribution in [0.25, 0.3) is 0 Å². The Hall–Kier alpha value is -1.58. The summed E-state index contributed by atoms with van der Waals surface area (Å²) in [5.41, 5.74) is 7.42. The van der Waals surface area contributed by atoms with Gasteiger partial charge in [-0.15, -0.1) is 0 Å². The molecule has 2 nitrogen and oxygen atoms in total. The molecule has 0 bridgehead atoms. The predicted molar refractivity (Wildman–Crippen MR) is 84.2 cm³/mol. The molecule has 2 N–H and O–H groups in total. The van der Waals surface area contributed by atoms with Gasteiger partial charge in [-0.3, -0.25) is 0 Å². The molecule has 0 saturated heterocycles. The molecule has 0 aromatic heterocycles. The maximum Gasteiger partial charge on any atom is 0.141 e. The quantitative estimate of drug-likeness (QED) is 0.882. The number of nitrogens with two attached hydrogens (primary N) is 1. The van der Waals surface area contributed by atoms with Crippen molar-refractivity contribution in [2.24, 2.45) is 5.73 Å². The van der Waals surface area contributed by atoms with Gasteiger partial charge in [-0.25, -0.2) is 4.39 Å². The Balaban J connectivity index is 2.31. The standard InChI is InChI=1S/C17H19ClFNO/c1-3-12-10-13(8-9-15(12)18)21-17(11(2)20)14-6-4-5-7-16(14)19/h4-11,17H,3,20H2,1-2H3. The fourth-order valence-electron chi connectivity index (χ4n) is 2.20. The van der Waals surface area contributed by atoms with Gasteiger partial charge in [0, 0.05) is 16.6 Å². The summed E-state index contributed by atoms with van der Waals surface area (Å²) in [5.74, 6) is 0.325. The van der Waals surface area contributed by atoms with Gasteiger partial charge in [0.25, 0.3) is 0 Å². The van der Waals surface area contributed by atoms with Crippen LogP contribution in [0, 0.1) is 5.82 Å². The lowest BCUT2D eigenvalue weighted by atomic mass is 10.0. The molecule has 0 aliphatic carbocycles. The predicted octanol–water partition coefficient (Wildman–Crippen LogP) is 4.51. The van der Waals surface area contributed by atoms with E-state index in [1.165, 1.54) is 6.07 Å². The first kappa shape index (κ1) is 15.8. The highest BCUT2D eigenvalue weighted by Crippen LogP contribution is 2.29. The van der Waals surface area contributed by atoms with Crippen LogP contribution in [0.15, 0.2) is 42.5 Å². The Morgan fingerprint density at radius 2 is 1.95 bits per heavy atom. The molecule has 21 heavy (non-hydrogen) atoms. The van der Waals surface area contributed by atoms with E-state index in [1.807, 2.05) is 13.0 Å². The van der Waals surface area contributed by atoms with Crippen LogP contribution in [-0.2, 0) is 6.42 Å². The number of halogens is 2. The molecule has 0 radical (unpaired) electrons. The Morgan fingerprint density at radius 1 is 1.24 bits per heavy atom. The van der Waals surface area contributed by atoms with E-state index in [0.717, 1.165) is 12.0 Å². The molecule has 0 amide bonds. The summed E-state index contributed by atoms with van der Waals surface area (Å²) in [6, 6.07) is 11.6. The number of ether oxygens (including phenoxy) is 1. The van der Waals surface area contributed by atoms with Crippen LogP contribution in [0.5, 0.6) is 5.75 Å². The Labute approximate surface area is 129 Å². The smallest absolute Gasteiger partial charge is 0.141 e. The van der Waals surface area contributed by atoms with Gasteiger partial charge >= 0.3 is 0 Å². The van der Waals surface area contributed by atoms with Crippen LogP contribution in [-0.4, -0.2) is 6.04 Å². The topological polar surface area (TPSA) is 35.2 Å². The van der Waals surface area contributed by atoms with E-state index >= 15 is 0 Å². The van der Waals surface area contributed by atoms with E-state index in [9.17, 15) is 4.39 Å². The zero-order chi connectivity index (χ0) is 15.4. The van der Waals surface area contributed by atoms with Gasteiger partial charge in [0.1, 0.15) is 17.7 Å². The van der Waals surface area contributed by atoms with E-state index < -0.39 is 6.10 Å². The molecule has 0 aliphatic rings. The third-order valence-corrected chi connectivity index (χ3v) is 3.72. The molecule has 2 unspecified atom stereocenters. The molecule has 0 heterocycles. The second-order valence-corrected chi connectivity index (χ2v) is 5.43. The van der Waals surface area contributed by atoms with Crippen molar-refractivity contribution in [3.05, 3.63) is 64.4 Å². The molecule has 0 aliphatic heterocycles. The Morgan fingerprint density at radius 3 is 2.57 bits per heavy atom. The molecular weight excluding hydrogens is 289 g/mol. The van der Waals surface area contributed by atoms with E-state index in [-0.39, 0.29) is 11.9 Å². The van der Waals surface area contributed by atoms with Crippen molar-refractivity contribution < 1.29 is 9.13 Å². The van der Waals surface area contributed by atoms with Crippen LogP contribution >= 0.6 is 11.6 Å². The second kappa shape index (κ2) is 6.92. The minimum absolute atomic E-state index is 0.315. The summed E-state index contributed by atoms with van der Waals surface area (Å²) in [6.07, 6.45) is 0.260. The first-order chi connectivity index (χ1) is 10.0. The third kappa shape index (κ3) is 3.74. The summed E-state index contributed by atoms with van der Waals surface area (Å²) >= 11 is 6.10. The lowest BCUT2D eigenvalue weighted by Crippen LogP contribution is -2.29. The fraction of sp³-hybridized carbons (Fsp3) is 0.294. The average Bonchev–Trinajstić information content (AvgIpc) is 2.47. The number of aryl methyl sites for hydroxylation is 1. The number of rotatable bonds is 5. The van der Waals surface area contributed by atoms with Gasteiger partial charge in [0.15, 0.2) is 0 Å². The van der Waals surface area contributed by atoms with Gasteiger partial charge in [-0.1, -0.05) is 36.7 Å². The number of hydrogen-bond acceptors (Lipinski definition) is 2. The van der Waals surface area contributed by atoms with Crippen LogP contribution in [0.3, 0.4) is 0 Å². The van der Waals surface area contributed by atoms with Crippen molar-refractivity contribution in [3.8, 4) is 5.75 Å². The highest BCUT2D eigenvalue weighted by molar-refractivity contribution is 6.31. The second-order valence-electron chi connectivity index (χ2n) is 5.03. The summed E-state index contributed by atoms with van der Waals surface area (Å²) in [5, 5.41) is 0.702. The van der Waals surface area contributed by atoms with E-state index in [2.05, 4.69) is 0 Å². The molecular formula is C17H19ClFNO. The fourth-order valence-corrected chi connectivity index (χ4v) is 2.45. The van der Waals surface area contributed by atoms with Crippen molar-refractivity contribution in [1.29, 1.82) is 0 Å². The molecule has 2 rings (SSSR count). The summed E-state index contributed by atoms with van der Waals surface area (Å²) < 4.78 is 19.9. The summed E-state index contributed by atoms with van der Waals surface area (Å²) in [6.45, 7) is 3.82. The molecule has 2 atom stereocenters. The Bertz CT molecular complexity index is 615. The van der Waals surface area contributed by atoms with Crippen molar-refractivity contribution in [1.82, 2.24) is 0 Å².